The zero-order chi connectivity index (χ0) is 26.8. The molecule has 4 saturated carbocycles. The van der Waals surface area contributed by atoms with Gasteiger partial charge in [0.1, 0.15) is 5.82 Å². The van der Waals surface area contributed by atoms with Gasteiger partial charge in [0, 0.05) is 12.1 Å². The Kier molecular flexibility index (Phi) is 7.95. The van der Waals surface area contributed by atoms with Crippen LogP contribution in [0.5, 0.6) is 0 Å². The van der Waals surface area contributed by atoms with Crippen LogP contribution in [0.3, 0.4) is 0 Å². The number of rotatable bonds is 9. The predicted molar refractivity (Wildman–Crippen MR) is 152 cm³/mol. The molecular formula is C33H44FN3O2. The van der Waals surface area contributed by atoms with Crippen molar-refractivity contribution < 1.29 is 14.3 Å². The van der Waals surface area contributed by atoms with Crippen LogP contribution < -0.4 is 10.6 Å². The third kappa shape index (κ3) is 6.66. The van der Waals surface area contributed by atoms with E-state index < -0.39 is 6.10 Å². The van der Waals surface area contributed by atoms with Crippen molar-refractivity contribution in [1.29, 1.82) is 0 Å². The number of urea groups is 1. The van der Waals surface area contributed by atoms with Gasteiger partial charge in [-0.2, -0.15) is 0 Å². The summed E-state index contributed by atoms with van der Waals surface area (Å²) in [5.41, 5.74) is 2.26. The van der Waals surface area contributed by atoms with Crippen LogP contribution >= 0.6 is 0 Å². The molecule has 4 aliphatic carbocycles. The first-order valence-electron chi connectivity index (χ1n) is 15.2. The first-order valence-corrected chi connectivity index (χ1v) is 15.2. The number of hydrogen-bond donors (Lipinski definition) is 3. The van der Waals surface area contributed by atoms with Crippen molar-refractivity contribution >= 4 is 6.03 Å². The summed E-state index contributed by atoms with van der Waals surface area (Å²) in [6, 6.07) is 16.6. The number of β-amino-alcohol motifs (C(OH)–C–C–N with tert-alkyl or cyclic N) is 1. The van der Waals surface area contributed by atoms with E-state index in [1.165, 1.54) is 24.8 Å². The number of carbonyl (C=O) groups excluding carboxylic acids is 1. The summed E-state index contributed by atoms with van der Waals surface area (Å²) in [6.07, 6.45) is 10.4. The molecule has 3 N–H and O–H groups in total. The number of amides is 2. The maximum Gasteiger partial charge on any atom is 0.315 e. The van der Waals surface area contributed by atoms with Gasteiger partial charge in [-0.3, -0.25) is 0 Å². The Morgan fingerprint density at radius 2 is 1.54 bits per heavy atom. The zero-order valence-corrected chi connectivity index (χ0v) is 23.0. The average molecular weight is 534 g/mol. The Labute approximate surface area is 232 Å². The second-order valence-corrected chi connectivity index (χ2v) is 13.2. The number of aliphatic hydroxyl groups excluding tert-OH is 1. The van der Waals surface area contributed by atoms with E-state index in [1.807, 2.05) is 30.3 Å². The molecular weight excluding hydrogens is 489 g/mol. The van der Waals surface area contributed by atoms with Crippen molar-refractivity contribution in [3.05, 3.63) is 71.5 Å². The lowest BCUT2D eigenvalue weighted by molar-refractivity contribution is -0.0142. The van der Waals surface area contributed by atoms with Crippen LogP contribution in [0.1, 0.15) is 62.5 Å². The standard InChI is InChI=1S/C33H44FN3O2/c34-29-8-6-24(7-9-29)14-25-10-12-37(13-11-25)22-31(38)30(18-23-4-2-1-3-5-23)35-32(39)36-33-19-26-15-27(20-33)17-28(16-26)21-33/h1-9,25-28,30-31,38H,10-22H2,(H2,35,36,39)/t26?,27?,28?,30-,31-,33?/m0/s1. The predicted octanol–water partition coefficient (Wildman–Crippen LogP) is 5.32. The average Bonchev–Trinajstić information content (AvgIpc) is 2.90. The minimum Gasteiger partial charge on any atom is -0.390 e. The fraction of sp³-hybridized carbons (Fsp3) is 0.606. The van der Waals surface area contributed by atoms with Crippen LogP contribution in [-0.2, 0) is 12.8 Å². The number of halogens is 1. The van der Waals surface area contributed by atoms with E-state index >= 15 is 0 Å². The van der Waals surface area contributed by atoms with Crippen LogP contribution in [0.25, 0.3) is 0 Å². The maximum absolute atomic E-state index is 13.4. The molecule has 1 saturated heterocycles. The molecule has 2 atom stereocenters. The number of nitrogens with one attached hydrogen (secondary N) is 2. The second-order valence-electron chi connectivity index (χ2n) is 13.2. The molecule has 39 heavy (non-hydrogen) atoms. The number of hydrogen-bond acceptors (Lipinski definition) is 3. The van der Waals surface area contributed by atoms with E-state index in [-0.39, 0.29) is 23.4 Å². The van der Waals surface area contributed by atoms with E-state index in [0.717, 1.165) is 74.9 Å². The lowest BCUT2D eigenvalue weighted by Gasteiger charge is -2.56. The number of aliphatic hydroxyl groups is 1. The van der Waals surface area contributed by atoms with Crippen molar-refractivity contribution in [3.8, 4) is 0 Å². The molecule has 0 aromatic heterocycles. The Balaban J connectivity index is 1.05. The highest BCUT2D eigenvalue weighted by Gasteiger charge is 2.51. The van der Waals surface area contributed by atoms with Crippen LogP contribution in [-0.4, -0.2) is 53.4 Å². The van der Waals surface area contributed by atoms with E-state index in [1.54, 1.807) is 12.1 Å². The van der Waals surface area contributed by atoms with E-state index in [2.05, 4.69) is 27.7 Å². The van der Waals surface area contributed by atoms with Gasteiger partial charge in [0.15, 0.2) is 0 Å². The largest absolute Gasteiger partial charge is 0.390 e. The highest BCUT2D eigenvalue weighted by molar-refractivity contribution is 5.75. The summed E-state index contributed by atoms with van der Waals surface area (Å²) in [5, 5.41) is 18.1. The van der Waals surface area contributed by atoms with Crippen molar-refractivity contribution in [3.63, 3.8) is 0 Å². The van der Waals surface area contributed by atoms with Crippen LogP contribution in [0.15, 0.2) is 54.6 Å². The fourth-order valence-corrected chi connectivity index (χ4v) is 8.58. The summed E-state index contributed by atoms with van der Waals surface area (Å²) >= 11 is 0. The third-order valence-electron chi connectivity index (χ3n) is 10.1. The molecule has 7 rings (SSSR count). The first-order chi connectivity index (χ1) is 18.9. The first kappa shape index (κ1) is 26.8. The fourth-order valence-electron chi connectivity index (χ4n) is 8.58. The molecule has 1 aliphatic heterocycles. The highest BCUT2D eigenvalue weighted by atomic mass is 19.1. The van der Waals surface area contributed by atoms with Crippen molar-refractivity contribution in [2.75, 3.05) is 19.6 Å². The smallest absolute Gasteiger partial charge is 0.315 e. The lowest BCUT2D eigenvalue weighted by Crippen LogP contribution is -2.63. The Hall–Kier alpha value is -2.44. The van der Waals surface area contributed by atoms with E-state index in [0.29, 0.717) is 18.9 Å². The van der Waals surface area contributed by atoms with Crippen molar-refractivity contribution in [1.82, 2.24) is 15.5 Å². The van der Waals surface area contributed by atoms with Gasteiger partial charge in [-0.1, -0.05) is 42.5 Å². The summed E-state index contributed by atoms with van der Waals surface area (Å²) in [6.45, 7) is 2.42. The molecule has 0 radical (unpaired) electrons. The van der Waals surface area contributed by atoms with Crippen molar-refractivity contribution in [2.24, 2.45) is 23.7 Å². The van der Waals surface area contributed by atoms with Gasteiger partial charge in [-0.25, -0.2) is 9.18 Å². The molecule has 2 amide bonds. The number of piperidine rings is 1. The Bertz CT molecular complexity index is 1060. The van der Waals surface area contributed by atoms with Gasteiger partial charge in [0.2, 0.25) is 0 Å². The Morgan fingerprint density at radius 1 is 0.923 bits per heavy atom. The molecule has 1 heterocycles. The highest BCUT2D eigenvalue weighted by Crippen LogP contribution is 2.55. The summed E-state index contributed by atoms with van der Waals surface area (Å²) in [7, 11) is 0. The molecule has 210 valence electrons. The molecule has 5 fully saturated rings. The van der Waals surface area contributed by atoms with Crippen LogP contribution in [0, 0.1) is 29.5 Å². The lowest BCUT2D eigenvalue weighted by atomic mass is 9.53. The number of benzene rings is 2. The zero-order valence-electron chi connectivity index (χ0n) is 23.0. The number of likely N-dealkylation sites (tertiary alicyclic amines) is 1. The Morgan fingerprint density at radius 3 is 2.15 bits per heavy atom. The summed E-state index contributed by atoms with van der Waals surface area (Å²) in [5.74, 6) is 2.70. The molecule has 5 nitrogen and oxygen atoms in total. The monoisotopic (exact) mass is 533 g/mol. The van der Waals surface area contributed by atoms with Gasteiger partial charge in [-0.15, -0.1) is 0 Å². The van der Waals surface area contributed by atoms with Gasteiger partial charge in [0.25, 0.3) is 0 Å². The van der Waals surface area contributed by atoms with Crippen molar-refractivity contribution in [2.45, 2.75) is 81.9 Å². The molecule has 2 aromatic rings. The molecule has 2 aromatic carbocycles. The van der Waals surface area contributed by atoms with E-state index in [9.17, 15) is 14.3 Å². The second kappa shape index (κ2) is 11.6. The topological polar surface area (TPSA) is 64.6 Å². The molecule has 0 unspecified atom stereocenters. The molecule has 6 heteroatoms. The van der Waals surface area contributed by atoms with Gasteiger partial charge in [-0.05, 0) is 124 Å². The molecule has 5 aliphatic rings. The third-order valence-corrected chi connectivity index (χ3v) is 10.1. The van der Waals surface area contributed by atoms with Gasteiger partial charge < -0.3 is 20.6 Å². The minimum atomic E-state index is -0.652. The minimum absolute atomic E-state index is 0.0481. The summed E-state index contributed by atoms with van der Waals surface area (Å²) < 4.78 is 13.2. The quantitative estimate of drug-likeness (QED) is 0.409. The van der Waals surface area contributed by atoms with Crippen LogP contribution in [0.2, 0.25) is 0 Å². The molecule has 4 bridgehead atoms. The summed E-state index contributed by atoms with van der Waals surface area (Å²) in [4.78, 5) is 15.7. The van der Waals surface area contributed by atoms with Gasteiger partial charge >= 0.3 is 6.03 Å². The molecule has 0 spiro atoms. The van der Waals surface area contributed by atoms with Gasteiger partial charge in [0.05, 0.1) is 12.1 Å². The SMILES string of the molecule is O=C(N[C@@H](Cc1ccccc1)[C@@H](O)CN1CCC(Cc2ccc(F)cc2)CC1)NC12CC3CC(CC(C3)C1)C2. The van der Waals surface area contributed by atoms with E-state index in [4.69, 9.17) is 0 Å². The van der Waals surface area contributed by atoms with Crippen LogP contribution in [0.4, 0.5) is 9.18 Å². The normalized spacial score (nSPS) is 30.2. The maximum atomic E-state index is 13.4. The number of carbonyl (C=O) groups is 1. The number of nitrogens with zero attached hydrogens (tertiary/aromatic N) is 1.